The van der Waals surface area contributed by atoms with Crippen molar-refractivity contribution in [2.45, 2.75) is 6.92 Å². The third kappa shape index (κ3) is 1.56. The highest BCUT2D eigenvalue weighted by Crippen LogP contribution is 2.18. The molecule has 0 fully saturated rings. The van der Waals surface area contributed by atoms with Crippen LogP contribution in [0.4, 0.5) is 0 Å². The van der Waals surface area contributed by atoms with Crippen LogP contribution in [0.15, 0.2) is 42.8 Å². The van der Waals surface area contributed by atoms with E-state index in [-0.39, 0.29) is 12.3 Å². The van der Waals surface area contributed by atoms with E-state index >= 15 is 0 Å². The quantitative estimate of drug-likeness (QED) is 0.660. The standard InChI is InChI=1S/C11H10N2/c1-9-5-7-12-8-10(9)11-4-2-3-6-13-11/h2-8H,1H3/i6D,8D. The van der Waals surface area contributed by atoms with Crippen LogP contribution < -0.4 is 0 Å². The Balaban J connectivity index is 2.63. The molecule has 0 radical (unpaired) electrons. The summed E-state index contributed by atoms with van der Waals surface area (Å²) in [5.74, 6) is 0. The zero-order chi connectivity index (χ0) is 10.8. The lowest BCUT2D eigenvalue weighted by molar-refractivity contribution is 1.25. The molecule has 2 heteroatoms. The summed E-state index contributed by atoms with van der Waals surface area (Å²) in [6.45, 7) is 1.91. The van der Waals surface area contributed by atoms with Crippen LogP contribution in [0.3, 0.4) is 0 Å². The number of aryl methyl sites for hydroxylation is 1. The van der Waals surface area contributed by atoms with Gasteiger partial charge in [-0.15, -0.1) is 0 Å². The lowest BCUT2D eigenvalue weighted by Gasteiger charge is -2.02. The van der Waals surface area contributed by atoms with Crippen molar-refractivity contribution in [3.05, 3.63) is 48.4 Å². The second-order valence-corrected chi connectivity index (χ2v) is 2.77. The molecule has 64 valence electrons. The van der Waals surface area contributed by atoms with Crippen LogP contribution in [0.25, 0.3) is 11.3 Å². The van der Waals surface area contributed by atoms with Gasteiger partial charge in [0.05, 0.1) is 8.44 Å². The number of pyridine rings is 2. The molecule has 0 amide bonds. The van der Waals surface area contributed by atoms with Gasteiger partial charge >= 0.3 is 0 Å². The average molecular weight is 172 g/mol. The van der Waals surface area contributed by atoms with Gasteiger partial charge in [0, 0.05) is 24.1 Å². The topological polar surface area (TPSA) is 25.8 Å². The molecule has 0 atom stereocenters. The molecule has 0 N–H and O–H groups in total. The fourth-order valence-electron chi connectivity index (χ4n) is 1.15. The predicted octanol–water partition coefficient (Wildman–Crippen LogP) is 2.45. The molecule has 0 bridgehead atoms. The maximum atomic E-state index is 7.71. The van der Waals surface area contributed by atoms with Crippen molar-refractivity contribution in [2.75, 3.05) is 0 Å². The Morgan fingerprint density at radius 2 is 2.23 bits per heavy atom. The highest BCUT2D eigenvalue weighted by Gasteiger charge is 2.00. The SMILES string of the molecule is [2H]c1cccc(-c2c(C)ccnc2[2H])n1. The van der Waals surface area contributed by atoms with Crippen molar-refractivity contribution in [2.24, 2.45) is 0 Å². The maximum absolute atomic E-state index is 7.71. The van der Waals surface area contributed by atoms with Crippen LogP contribution >= 0.6 is 0 Å². The first-order valence-electron chi connectivity index (χ1n) is 5.05. The Kier molecular flexibility index (Phi) is 1.51. The van der Waals surface area contributed by atoms with Gasteiger partial charge in [0.15, 0.2) is 0 Å². The number of hydrogen-bond donors (Lipinski definition) is 0. The van der Waals surface area contributed by atoms with Crippen molar-refractivity contribution in [1.82, 2.24) is 9.97 Å². The van der Waals surface area contributed by atoms with Crippen LogP contribution in [0, 0.1) is 6.92 Å². The molecule has 0 aliphatic carbocycles. The van der Waals surface area contributed by atoms with Crippen molar-refractivity contribution < 1.29 is 2.74 Å². The first kappa shape index (κ1) is 5.86. The van der Waals surface area contributed by atoms with E-state index < -0.39 is 0 Å². The van der Waals surface area contributed by atoms with Gasteiger partial charge in [-0.1, -0.05) is 6.07 Å². The Labute approximate surface area is 80.1 Å². The lowest BCUT2D eigenvalue weighted by Crippen LogP contribution is -1.86. The first-order valence-corrected chi connectivity index (χ1v) is 4.05. The van der Waals surface area contributed by atoms with E-state index in [2.05, 4.69) is 9.97 Å². The van der Waals surface area contributed by atoms with Gasteiger partial charge in [0.2, 0.25) is 0 Å². The van der Waals surface area contributed by atoms with Gasteiger partial charge in [-0.3, -0.25) is 9.97 Å². The molecular weight excluding hydrogens is 160 g/mol. The summed E-state index contributed by atoms with van der Waals surface area (Å²) in [4.78, 5) is 7.98. The lowest BCUT2D eigenvalue weighted by atomic mass is 10.1. The normalized spacial score (nSPS) is 12.1. The molecule has 2 heterocycles. The van der Waals surface area contributed by atoms with E-state index in [1.165, 1.54) is 0 Å². The second-order valence-electron chi connectivity index (χ2n) is 2.77. The van der Waals surface area contributed by atoms with Crippen molar-refractivity contribution >= 4 is 0 Å². The molecule has 0 saturated heterocycles. The fourth-order valence-corrected chi connectivity index (χ4v) is 1.15. The minimum absolute atomic E-state index is 0.202. The zero-order valence-corrected chi connectivity index (χ0v) is 7.28. The van der Waals surface area contributed by atoms with Gasteiger partial charge in [-0.25, -0.2) is 0 Å². The van der Waals surface area contributed by atoms with Crippen molar-refractivity contribution in [3.63, 3.8) is 0 Å². The fraction of sp³-hybridized carbons (Fsp3) is 0.0909. The molecule has 0 unspecified atom stereocenters. The van der Waals surface area contributed by atoms with Crippen molar-refractivity contribution in [1.29, 1.82) is 0 Å². The molecule has 0 saturated carbocycles. The van der Waals surface area contributed by atoms with Crippen LogP contribution in [-0.4, -0.2) is 9.97 Å². The zero-order valence-electron chi connectivity index (χ0n) is 9.28. The molecule has 0 aromatic carbocycles. The Morgan fingerprint density at radius 3 is 3.00 bits per heavy atom. The van der Waals surface area contributed by atoms with E-state index in [9.17, 15) is 0 Å². The van der Waals surface area contributed by atoms with E-state index in [0.29, 0.717) is 11.3 Å². The first-order chi connectivity index (χ1) is 7.18. The van der Waals surface area contributed by atoms with Crippen LogP contribution in [0.2, 0.25) is 0 Å². The highest BCUT2D eigenvalue weighted by molar-refractivity contribution is 5.61. The Hall–Kier alpha value is -1.70. The smallest absolute Gasteiger partial charge is 0.0847 e. The summed E-state index contributed by atoms with van der Waals surface area (Å²) in [6, 6.07) is 7.00. The minimum Gasteiger partial charge on any atom is -0.264 e. The molecular formula is C11H10N2. The molecule has 0 aliphatic heterocycles. The predicted molar refractivity (Wildman–Crippen MR) is 52.2 cm³/mol. The van der Waals surface area contributed by atoms with Gasteiger partial charge in [0.25, 0.3) is 0 Å². The Morgan fingerprint density at radius 1 is 1.31 bits per heavy atom. The minimum atomic E-state index is 0.202. The Bertz CT molecular complexity index is 477. The van der Waals surface area contributed by atoms with Gasteiger partial charge in [-0.05, 0) is 30.7 Å². The van der Waals surface area contributed by atoms with Crippen LogP contribution in [-0.2, 0) is 0 Å². The molecule has 13 heavy (non-hydrogen) atoms. The van der Waals surface area contributed by atoms with E-state index in [1.54, 1.807) is 24.4 Å². The number of rotatable bonds is 1. The highest BCUT2D eigenvalue weighted by atomic mass is 14.7. The third-order valence-corrected chi connectivity index (χ3v) is 1.84. The molecule has 2 nitrogen and oxygen atoms in total. The summed E-state index contributed by atoms with van der Waals surface area (Å²) in [6.07, 6.45) is 2.01. The van der Waals surface area contributed by atoms with Crippen molar-refractivity contribution in [3.8, 4) is 11.3 Å². The summed E-state index contributed by atoms with van der Waals surface area (Å²) in [7, 11) is 0. The van der Waals surface area contributed by atoms with Gasteiger partial charge in [-0.2, -0.15) is 0 Å². The van der Waals surface area contributed by atoms with E-state index in [4.69, 9.17) is 2.74 Å². The van der Waals surface area contributed by atoms with E-state index in [0.717, 1.165) is 5.56 Å². The molecule has 2 aromatic rings. The second kappa shape index (κ2) is 3.35. The number of nitrogens with zero attached hydrogens (tertiary/aromatic N) is 2. The number of hydrogen-bond acceptors (Lipinski definition) is 2. The average Bonchev–Trinajstić information content (AvgIpc) is 2.17. The molecule has 2 rings (SSSR count). The summed E-state index contributed by atoms with van der Waals surface area (Å²) in [5.41, 5.74) is 2.29. The summed E-state index contributed by atoms with van der Waals surface area (Å²) in [5, 5.41) is 0. The van der Waals surface area contributed by atoms with Gasteiger partial charge in [0.1, 0.15) is 0 Å². The molecule has 2 aromatic heterocycles. The van der Waals surface area contributed by atoms with Crippen LogP contribution in [0.5, 0.6) is 0 Å². The van der Waals surface area contributed by atoms with E-state index in [1.807, 2.05) is 13.0 Å². The third-order valence-electron chi connectivity index (χ3n) is 1.84. The largest absolute Gasteiger partial charge is 0.264 e. The monoisotopic (exact) mass is 172 g/mol. The molecule has 0 aliphatic rings. The summed E-state index contributed by atoms with van der Waals surface area (Å²) >= 11 is 0. The number of aromatic nitrogens is 2. The summed E-state index contributed by atoms with van der Waals surface area (Å²) < 4.78 is 15.1. The van der Waals surface area contributed by atoms with Crippen LogP contribution in [0.1, 0.15) is 8.30 Å². The maximum Gasteiger partial charge on any atom is 0.0847 e. The molecule has 0 spiro atoms. The van der Waals surface area contributed by atoms with Gasteiger partial charge < -0.3 is 0 Å².